The fraction of sp³-hybridized carbons (Fsp3) is 0.440. The zero-order valence-electron chi connectivity index (χ0n) is 18.5. The third-order valence-corrected chi connectivity index (χ3v) is 5.84. The lowest BCUT2D eigenvalue weighted by molar-refractivity contribution is -0.139. The van der Waals surface area contributed by atoms with E-state index < -0.39 is 5.60 Å². The lowest BCUT2D eigenvalue weighted by Crippen LogP contribution is -2.32. The molecule has 0 aliphatic heterocycles. The van der Waals surface area contributed by atoms with Gasteiger partial charge in [-0.2, -0.15) is 5.10 Å². The number of rotatable bonds is 9. The van der Waals surface area contributed by atoms with E-state index in [1.54, 1.807) is 20.8 Å². The Labute approximate surface area is 184 Å². The molecular formula is C25H31ClN2O2. The molecule has 1 aromatic carbocycles. The van der Waals surface area contributed by atoms with E-state index in [1.165, 1.54) is 11.1 Å². The molecule has 30 heavy (non-hydrogen) atoms. The van der Waals surface area contributed by atoms with Crippen LogP contribution in [-0.2, 0) is 22.7 Å². The second-order valence-corrected chi connectivity index (χ2v) is 9.32. The van der Waals surface area contributed by atoms with Gasteiger partial charge in [0.05, 0.1) is 24.5 Å². The van der Waals surface area contributed by atoms with Crippen LogP contribution in [0.25, 0.3) is 5.57 Å². The number of halogens is 1. The van der Waals surface area contributed by atoms with Crippen LogP contribution in [0.2, 0.25) is 5.02 Å². The SMILES string of the molecule is CC(=O)C(C)(C)OCc1cc(C2=CC=C(CC(C)C)C2)n(Cc2ccccc2Cl)n1. The van der Waals surface area contributed by atoms with Crippen LogP contribution in [0, 0.1) is 5.92 Å². The first-order chi connectivity index (χ1) is 14.2. The van der Waals surface area contributed by atoms with Gasteiger partial charge in [-0.25, -0.2) is 0 Å². The highest BCUT2D eigenvalue weighted by molar-refractivity contribution is 6.31. The molecule has 160 valence electrons. The van der Waals surface area contributed by atoms with E-state index in [1.807, 2.05) is 28.9 Å². The van der Waals surface area contributed by atoms with Crippen molar-refractivity contribution >= 4 is 23.0 Å². The molecule has 0 radical (unpaired) electrons. The molecule has 0 unspecified atom stereocenters. The molecule has 0 amide bonds. The minimum Gasteiger partial charge on any atom is -0.361 e. The summed E-state index contributed by atoms with van der Waals surface area (Å²) in [5.74, 6) is 0.633. The number of benzene rings is 1. The largest absolute Gasteiger partial charge is 0.361 e. The van der Waals surface area contributed by atoms with Crippen molar-refractivity contribution in [1.29, 1.82) is 0 Å². The van der Waals surface area contributed by atoms with Gasteiger partial charge in [0.25, 0.3) is 0 Å². The van der Waals surface area contributed by atoms with Crippen LogP contribution in [0.1, 0.15) is 64.4 Å². The minimum absolute atomic E-state index is 0.000693. The van der Waals surface area contributed by atoms with E-state index in [-0.39, 0.29) is 12.4 Å². The molecule has 0 fully saturated rings. The number of Topliss-reactive ketones (excluding diaryl/α,β-unsaturated/α-hetero) is 1. The molecule has 0 saturated heterocycles. The number of allylic oxidation sites excluding steroid dienone is 4. The van der Waals surface area contributed by atoms with Crippen molar-refractivity contribution in [3.63, 3.8) is 0 Å². The lowest BCUT2D eigenvalue weighted by Gasteiger charge is -2.21. The smallest absolute Gasteiger partial charge is 0.161 e. The van der Waals surface area contributed by atoms with E-state index in [4.69, 9.17) is 21.4 Å². The lowest BCUT2D eigenvalue weighted by atomic mass is 9.99. The van der Waals surface area contributed by atoms with Gasteiger partial charge < -0.3 is 4.74 Å². The molecule has 2 aromatic rings. The maximum absolute atomic E-state index is 11.8. The Balaban J connectivity index is 1.85. The molecule has 0 bridgehead atoms. The number of nitrogens with zero attached hydrogens (tertiary/aromatic N) is 2. The molecule has 3 rings (SSSR count). The summed E-state index contributed by atoms with van der Waals surface area (Å²) >= 11 is 6.40. The Bertz CT molecular complexity index is 983. The van der Waals surface area contributed by atoms with E-state index in [0.717, 1.165) is 34.8 Å². The van der Waals surface area contributed by atoms with Crippen molar-refractivity contribution in [2.45, 2.75) is 66.2 Å². The fourth-order valence-electron chi connectivity index (χ4n) is 3.49. The molecule has 1 aliphatic rings. The molecule has 0 N–H and O–H groups in total. The van der Waals surface area contributed by atoms with Crippen molar-refractivity contribution in [1.82, 2.24) is 9.78 Å². The first-order valence-electron chi connectivity index (χ1n) is 10.5. The maximum atomic E-state index is 11.8. The molecule has 1 aromatic heterocycles. The molecule has 1 aliphatic carbocycles. The highest BCUT2D eigenvalue weighted by Gasteiger charge is 2.25. The number of hydrogen-bond donors (Lipinski definition) is 0. The Hall–Kier alpha value is -2.17. The third kappa shape index (κ3) is 5.50. The quantitative estimate of drug-likeness (QED) is 0.477. The van der Waals surface area contributed by atoms with Crippen LogP contribution >= 0.6 is 11.6 Å². The Kier molecular flexibility index (Phi) is 6.99. The second kappa shape index (κ2) is 9.32. The van der Waals surface area contributed by atoms with Crippen LogP contribution in [0.4, 0.5) is 0 Å². The van der Waals surface area contributed by atoms with E-state index in [9.17, 15) is 4.79 Å². The number of ketones is 1. The summed E-state index contributed by atoms with van der Waals surface area (Å²) in [5.41, 5.74) is 4.77. The number of ether oxygens (including phenoxy) is 1. The number of carbonyl (C=O) groups is 1. The number of aromatic nitrogens is 2. The van der Waals surface area contributed by atoms with Gasteiger partial charge in [0.2, 0.25) is 0 Å². The summed E-state index contributed by atoms with van der Waals surface area (Å²) in [7, 11) is 0. The van der Waals surface area contributed by atoms with Crippen molar-refractivity contribution in [2.24, 2.45) is 5.92 Å². The van der Waals surface area contributed by atoms with Gasteiger partial charge in [-0.1, -0.05) is 61.4 Å². The van der Waals surface area contributed by atoms with Crippen LogP contribution in [-0.4, -0.2) is 21.2 Å². The molecule has 0 saturated carbocycles. The van der Waals surface area contributed by atoms with E-state index in [0.29, 0.717) is 12.5 Å². The highest BCUT2D eigenvalue weighted by atomic mass is 35.5. The van der Waals surface area contributed by atoms with Gasteiger partial charge in [0, 0.05) is 5.02 Å². The van der Waals surface area contributed by atoms with Crippen molar-refractivity contribution in [2.75, 3.05) is 0 Å². The first kappa shape index (κ1) is 22.5. The Morgan fingerprint density at radius 3 is 2.67 bits per heavy atom. The minimum atomic E-state index is -0.828. The normalized spacial score (nSPS) is 14.2. The zero-order chi connectivity index (χ0) is 21.9. The second-order valence-electron chi connectivity index (χ2n) is 8.92. The van der Waals surface area contributed by atoms with E-state index in [2.05, 4.69) is 32.1 Å². The summed E-state index contributed by atoms with van der Waals surface area (Å²) in [6.07, 6.45) is 6.46. The standard InChI is InChI=1S/C25H31ClN2O2/c1-17(2)12-19-10-11-20(13-19)24-14-22(16-30-25(4,5)18(3)29)27-28(24)15-21-8-6-7-9-23(21)26/h6-11,14,17H,12-13,15-16H2,1-5H3. The van der Waals surface area contributed by atoms with Gasteiger partial charge in [-0.15, -0.1) is 0 Å². The van der Waals surface area contributed by atoms with Gasteiger partial charge in [-0.05, 0) is 62.8 Å². The number of hydrogen-bond acceptors (Lipinski definition) is 3. The average Bonchev–Trinajstić information content (AvgIpc) is 3.28. The summed E-state index contributed by atoms with van der Waals surface area (Å²) in [6.45, 7) is 10.5. The van der Waals surface area contributed by atoms with Gasteiger partial charge in [0.15, 0.2) is 5.78 Å². The Morgan fingerprint density at radius 1 is 1.27 bits per heavy atom. The van der Waals surface area contributed by atoms with Crippen LogP contribution in [0.3, 0.4) is 0 Å². The predicted octanol–water partition coefficient (Wildman–Crippen LogP) is 6.23. The highest BCUT2D eigenvalue weighted by Crippen LogP contribution is 2.32. The monoisotopic (exact) mass is 426 g/mol. The van der Waals surface area contributed by atoms with Gasteiger partial charge in [0.1, 0.15) is 5.60 Å². The Morgan fingerprint density at radius 2 is 2.00 bits per heavy atom. The summed E-state index contributed by atoms with van der Waals surface area (Å²) in [4.78, 5) is 11.8. The van der Waals surface area contributed by atoms with Crippen molar-refractivity contribution in [3.8, 4) is 0 Å². The van der Waals surface area contributed by atoms with Crippen LogP contribution in [0.5, 0.6) is 0 Å². The van der Waals surface area contributed by atoms with Gasteiger partial charge in [-0.3, -0.25) is 9.48 Å². The average molecular weight is 427 g/mol. The topological polar surface area (TPSA) is 44.1 Å². The van der Waals surface area contributed by atoms with Crippen molar-refractivity contribution in [3.05, 3.63) is 70.0 Å². The molecule has 1 heterocycles. The van der Waals surface area contributed by atoms with Crippen molar-refractivity contribution < 1.29 is 9.53 Å². The summed E-state index contributed by atoms with van der Waals surface area (Å²) in [6, 6.07) is 9.91. The van der Waals surface area contributed by atoms with Crippen LogP contribution < -0.4 is 0 Å². The van der Waals surface area contributed by atoms with Gasteiger partial charge >= 0.3 is 0 Å². The summed E-state index contributed by atoms with van der Waals surface area (Å²) < 4.78 is 7.87. The summed E-state index contributed by atoms with van der Waals surface area (Å²) in [5, 5.41) is 5.53. The molecule has 0 spiro atoms. The van der Waals surface area contributed by atoms with E-state index >= 15 is 0 Å². The fourth-order valence-corrected chi connectivity index (χ4v) is 3.68. The predicted molar refractivity (Wildman–Crippen MR) is 122 cm³/mol. The molecule has 4 nitrogen and oxygen atoms in total. The third-order valence-electron chi connectivity index (χ3n) is 5.47. The van der Waals surface area contributed by atoms with Crippen LogP contribution in [0.15, 0.2) is 48.1 Å². The first-order valence-corrected chi connectivity index (χ1v) is 10.9. The molecule has 5 heteroatoms. The zero-order valence-corrected chi connectivity index (χ0v) is 19.3. The molecule has 0 atom stereocenters. The maximum Gasteiger partial charge on any atom is 0.161 e. The number of carbonyl (C=O) groups excluding carboxylic acids is 1. The molecular weight excluding hydrogens is 396 g/mol.